The van der Waals surface area contributed by atoms with Gasteiger partial charge in [0, 0.05) is 17.9 Å². The maximum Gasteiger partial charge on any atom is 0.335 e. The zero-order chi connectivity index (χ0) is 15.8. The topological polar surface area (TPSA) is 97.5 Å². The summed E-state index contributed by atoms with van der Waals surface area (Å²) in [7, 11) is -3.52. The van der Waals surface area contributed by atoms with Gasteiger partial charge in [0.15, 0.2) is 15.6 Å². The molecule has 0 fully saturated rings. The molecule has 112 valence electrons. The van der Waals surface area contributed by atoms with Crippen molar-refractivity contribution in [3.63, 3.8) is 0 Å². The Morgan fingerprint density at radius 3 is 2.43 bits per heavy atom. The molecule has 0 radical (unpaired) electrons. The number of benzene rings is 1. The average molecular weight is 309 g/mol. The lowest BCUT2D eigenvalue weighted by atomic mass is 10.1. The molecule has 0 unspecified atom stereocenters. The van der Waals surface area contributed by atoms with Crippen LogP contribution in [0.1, 0.15) is 35.8 Å². The van der Waals surface area contributed by atoms with Crippen molar-refractivity contribution in [2.45, 2.75) is 24.7 Å². The van der Waals surface area contributed by atoms with Crippen molar-refractivity contribution in [1.82, 2.24) is 5.16 Å². The summed E-state index contributed by atoms with van der Waals surface area (Å²) in [5, 5.41) is 12.9. The third-order valence-corrected chi connectivity index (χ3v) is 4.17. The Kier molecular flexibility index (Phi) is 3.87. The standard InChI is InChI=1S/C14H15NO5S/c1-8(2)11-7-12(20-15-11)10-6-9(14(16)17)4-5-13(10)21(3,18)19/h4-8H,1-3H3,(H,16,17). The Labute approximate surface area is 122 Å². The molecule has 2 aromatic rings. The van der Waals surface area contributed by atoms with Crippen molar-refractivity contribution in [3.8, 4) is 11.3 Å². The number of sulfone groups is 1. The average Bonchev–Trinajstić information content (AvgIpc) is 2.86. The second-order valence-corrected chi connectivity index (χ2v) is 7.04. The van der Waals surface area contributed by atoms with E-state index >= 15 is 0 Å². The van der Waals surface area contributed by atoms with Gasteiger partial charge in [0.1, 0.15) is 0 Å². The molecule has 0 spiro atoms. The number of carbonyl (C=O) groups is 1. The lowest BCUT2D eigenvalue weighted by molar-refractivity contribution is 0.0697. The highest BCUT2D eigenvalue weighted by Crippen LogP contribution is 2.30. The van der Waals surface area contributed by atoms with E-state index in [2.05, 4.69) is 5.16 Å². The minimum Gasteiger partial charge on any atom is -0.478 e. The van der Waals surface area contributed by atoms with Crippen LogP contribution in [-0.2, 0) is 9.84 Å². The largest absolute Gasteiger partial charge is 0.478 e. The molecule has 0 amide bonds. The minimum absolute atomic E-state index is 0.0129. The first-order chi connectivity index (χ1) is 9.70. The van der Waals surface area contributed by atoms with Gasteiger partial charge >= 0.3 is 5.97 Å². The number of carboxylic acids is 1. The van der Waals surface area contributed by atoms with Crippen molar-refractivity contribution in [3.05, 3.63) is 35.5 Å². The second-order valence-electron chi connectivity index (χ2n) is 5.06. The Balaban J connectivity index is 2.68. The summed E-state index contributed by atoms with van der Waals surface area (Å²) in [6.07, 6.45) is 1.06. The zero-order valence-corrected chi connectivity index (χ0v) is 12.6. The molecule has 0 aliphatic heterocycles. The van der Waals surface area contributed by atoms with Crippen LogP contribution in [0.15, 0.2) is 33.7 Å². The van der Waals surface area contributed by atoms with E-state index in [0.717, 1.165) is 6.26 Å². The van der Waals surface area contributed by atoms with Crippen LogP contribution in [0.25, 0.3) is 11.3 Å². The Bertz CT molecular complexity index is 789. The van der Waals surface area contributed by atoms with Gasteiger partial charge < -0.3 is 9.63 Å². The highest BCUT2D eigenvalue weighted by molar-refractivity contribution is 7.90. The number of nitrogens with zero attached hydrogens (tertiary/aromatic N) is 1. The monoisotopic (exact) mass is 309 g/mol. The first-order valence-corrected chi connectivity index (χ1v) is 8.13. The van der Waals surface area contributed by atoms with E-state index in [4.69, 9.17) is 9.63 Å². The van der Waals surface area contributed by atoms with Gasteiger partial charge in [0.25, 0.3) is 0 Å². The first kappa shape index (κ1) is 15.2. The fraction of sp³-hybridized carbons (Fsp3) is 0.286. The van der Waals surface area contributed by atoms with Gasteiger partial charge in [-0.15, -0.1) is 0 Å². The Hall–Kier alpha value is -2.15. The lowest BCUT2D eigenvalue weighted by Crippen LogP contribution is -2.03. The van der Waals surface area contributed by atoms with Crippen LogP contribution in [0.2, 0.25) is 0 Å². The van der Waals surface area contributed by atoms with E-state index in [0.29, 0.717) is 5.69 Å². The first-order valence-electron chi connectivity index (χ1n) is 6.24. The molecule has 6 nitrogen and oxygen atoms in total. The van der Waals surface area contributed by atoms with Crippen LogP contribution < -0.4 is 0 Å². The van der Waals surface area contributed by atoms with Gasteiger partial charge in [-0.05, 0) is 24.1 Å². The fourth-order valence-corrected chi connectivity index (χ4v) is 2.74. The van der Waals surface area contributed by atoms with Crippen molar-refractivity contribution < 1.29 is 22.8 Å². The lowest BCUT2D eigenvalue weighted by Gasteiger charge is -2.06. The number of carboxylic acid groups (broad SMARTS) is 1. The van der Waals surface area contributed by atoms with E-state index < -0.39 is 15.8 Å². The van der Waals surface area contributed by atoms with Crippen molar-refractivity contribution in [1.29, 1.82) is 0 Å². The van der Waals surface area contributed by atoms with Crippen LogP contribution in [-0.4, -0.2) is 30.9 Å². The smallest absolute Gasteiger partial charge is 0.335 e. The molecule has 7 heteroatoms. The predicted molar refractivity (Wildman–Crippen MR) is 76.1 cm³/mol. The molecule has 1 N–H and O–H groups in total. The van der Waals surface area contributed by atoms with E-state index in [-0.39, 0.29) is 27.7 Å². The number of rotatable bonds is 4. The molecule has 0 bridgehead atoms. The summed E-state index contributed by atoms with van der Waals surface area (Å²) in [6, 6.07) is 5.43. The Morgan fingerprint density at radius 2 is 1.95 bits per heavy atom. The van der Waals surface area contributed by atoms with Gasteiger partial charge in [-0.1, -0.05) is 19.0 Å². The highest BCUT2D eigenvalue weighted by Gasteiger charge is 2.20. The molecule has 21 heavy (non-hydrogen) atoms. The van der Waals surface area contributed by atoms with Gasteiger partial charge in [0.05, 0.1) is 16.2 Å². The third kappa shape index (κ3) is 3.13. The molecular weight excluding hydrogens is 294 g/mol. The molecule has 0 aliphatic carbocycles. The molecule has 1 aromatic carbocycles. The molecule has 0 atom stereocenters. The number of aromatic nitrogens is 1. The molecule has 1 aromatic heterocycles. The van der Waals surface area contributed by atoms with Crippen LogP contribution in [0.3, 0.4) is 0 Å². The van der Waals surface area contributed by atoms with Crippen molar-refractivity contribution in [2.24, 2.45) is 0 Å². The summed E-state index contributed by atoms with van der Waals surface area (Å²) >= 11 is 0. The number of hydrogen-bond donors (Lipinski definition) is 1. The summed E-state index contributed by atoms with van der Waals surface area (Å²) in [5.41, 5.74) is 0.863. The SMILES string of the molecule is CC(C)c1cc(-c2cc(C(=O)O)ccc2S(C)(=O)=O)on1. The summed E-state index contributed by atoms with van der Waals surface area (Å²) < 4.78 is 28.9. The molecule has 1 heterocycles. The Morgan fingerprint density at radius 1 is 1.29 bits per heavy atom. The maximum atomic E-state index is 11.8. The van der Waals surface area contributed by atoms with Crippen LogP contribution in [0.4, 0.5) is 0 Å². The molecule has 0 aliphatic rings. The van der Waals surface area contributed by atoms with Crippen LogP contribution in [0.5, 0.6) is 0 Å². The van der Waals surface area contributed by atoms with Crippen molar-refractivity contribution >= 4 is 15.8 Å². The third-order valence-electron chi connectivity index (χ3n) is 3.01. The maximum absolute atomic E-state index is 11.8. The minimum atomic E-state index is -3.52. The zero-order valence-electron chi connectivity index (χ0n) is 11.8. The summed E-state index contributed by atoms with van der Waals surface area (Å²) in [5.74, 6) is -0.783. The van der Waals surface area contributed by atoms with Crippen LogP contribution in [0, 0.1) is 0 Å². The van der Waals surface area contributed by atoms with Crippen molar-refractivity contribution in [2.75, 3.05) is 6.26 Å². The highest BCUT2D eigenvalue weighted by atomic mass is 32.2. The number of aromatic carboxylic acids is 1. The normalized spacial score (nSPS) is 11.8. The predicted octanol–water partition coefficient (Wildman–Crippen LogP) is 2.57. The van der Waals surface area contributed by atoms with Crippen LogP contribution >= 0.6 is 0 Å². The summed E-state index contributed by atoms with van der Waals surface area (Å²) in [4.78, 5) is 11.1. The van der Waals surface area contributed by atoms with E-state index in [1.807, 2.05) is 13.8 Å². The molecule has 2 rings (SSSR count). The number of hydrogen-bond acceptors (Lipinski definition) is 5. The quantitative estimate of drug-likeness (QED) is 0.932. The van der Waals surface area contributed by atoms with E-state index in [9.17, 15) is 13.2 Å². The molecule has 0 saturated heterocycles. The van der Waals surface area contributed by atoms with Gasteiger partial charge in [-0.2, -0.15) is 0 Å². The van der Waals surface area contributed by atoms with Gasteiger partial charge in [-0.25, -0.2) is 13.2 Å². The molecule has 0 saturated carbocycles. The van der Waals surface area contributed by atoms with E-state index in [1.54, 1.807) is 6.07 Å². The summed E-state index contributed by atoms with van der Waals surface area (Å²) in [6.45, 7) is 3.85. The molecular formula is C14H15NO5S. The van der Waals surface area contributed by atoms with Gasteiger partial charge in [0.2, 0.25) is 0 Å². The van der Waals surface area contributed by atoms with E-state index in [1.165, 1.54) is 18.2 Å². The van der Waals surface area contributed by atoms with Gasteiger partial charge in [-0.3, -0.25) is 0 Å². The second kappa shape index (κ2) is 5.33. The fourth-order valence-electron chi connectivity index (χ4n) is 1.87.